The van der Waals surface area contributed by atoms with Gasteiger partial charge in [-0.2, -0.15) is 0 Å². The van der Waals surface area contributed by atoms with Crippen LogP contribution in [0.25, 0.3) is 11.1 Å². The molecule has 2 aromatic rings. The quantitative estimate of drug-likeness (QED) is 0.816. The number of rotatable bonds is 2. The fourth-order valence-electron chi connectivity index (χ4n) is 3.57. The van der Waals surface area contributed by atoms with E-state index in [2.05, 4.69) is 10.6 Å². The topological polar surface area (TPSA) is 76.7 Å². The van der Waals surface area contributed by atoms with Crippen LogP contribution in [0.3, 0.4) is 0 Å². The Morgan fingerprint density at radius 1 is 0.880 bits per heavy atom. The molecule has 8 heteroatoms. The van der Waals surface area contributed by atoms with Gasteiger partial charge in [0.1, 0.15) is 23.1 Å². The minimum Gasteiger partial charge on any atom is -0.496 e. The summed E-state index contributed by atoms with van der Waals surface area (Å²) in [6.45, 7) is 0. The summed E-state index contributed by atoms with van der Waals surface area (Å²) in [6, 6.07) is 3.80. The van der Waals surface area contributed by atoms with E-state index in [1.54, 1.807) is 0 Å². The Kier molecular flexibility index (Phi) is 3.02. The van der Waals surface area contributed by atoms with Crippen LogP contribution in [0.5, 0.6) is 11.5 Å². The second kappa shape index (κ2) is 4.92. The Hall–Kier alpha value is -3.16. The zero-order valence-electron chi connectivity index (χ0n) is 13.2. The van der Waals surface area contributed by atoms with E-state index < -0.39 is 29.1 Å². The summed E-state index contributed by atoms with van der Waals surface area (Å²) in [5, 5.41) is 4.63. The molecule has 1 fully saturated rings. The van der Waals surface area contributed by atoms with Crippen LogP contribution in [0.1, 0.15) is 11.1 Å². The number of fused-ring (bicyclic) bond motifs is 5. The molecule has 4 rings (SSSR count). The maximum atomic E-state index is 14.1. The molecule has 2 aromatic carbocycles. The van der Waals surface area contributed by atoms with Gasteiger partial charge in [-0.25, -0.2) is 13.6 Å². The maximum Gasteiger partial charge on any atom is 0.322 e. The van der Waals surface area contributed by atoms with E-state index in [-0.39, 0.29) is 22.6 Å². The number of ether oxygens (including phenoxy) is 2. The van der Waals surface area contributed by atoms with Crippen LogP contribution in [0.15, 0.2) is 24.3 Å². The van der Waals surface area contributed by atoms with E-state index in [4.69, 9.17) is 9.47 Å². The average molecular weight is 346 g/mol. The third-order valence-electron chi connectivity index (χ3n) is 4.50. The summed E-state index contributed by atoms with van der Waals surface area (Å²) in [5.41, 5.74) is -0.689. The van der Waals surface area contributed by atoms with E-state index in [9.17, 15) is 18.4 Å². The van der Waals surface area contributed by atoms with Gasteiger partial charge in [-0.15, -0.1) is 0 Å². The number of imide groups is 1. The van der Waals surface area contributed by atoms with Crippen molar-refractivity contribution in [2.45, 2.75) is 5.54 Å². The van der Waals surface area contributed by atoms with E-state index in [0.717, 1.165) is 24.3 Å². The SMILES string of the molecule is COc1cc(F)cc2c1-c1c(OC)cc(F)cc1C21NC(=O)NC1=O. The monoisotopic (exact) mass is 346 g/mol. The van der Waals surface area contributed by atoms with Crippen LogP contribution in [0, 0.1) is 11.6 Å². The van der Waals surface area contributed by atoms with Gasteiger partial charge in [0.2, 0.25) is 0 Å². The smallest absolute Gasteiger partial charge is 0.322 e. The van der Waals surface area contributed by atoms with Crippen LogP contribution in [-0.4, -0.2) is 26.2 Å². The maximum absolute atomic E-state index is 14.1. The molecule has 2 N–H and O–H groups in total. The number of amides is 3. The van der Waals surface area contributed by atoms with Crippen molar-refractivity contribution in [2.24, 2.45) is 0 Å². The van der Waals surface area contributed by atoms with Crippen molar-refractivity contribution in [3.63, 3.8) is 0 Å². The van der Waals surface area contributed by atoms with Crippen LogP contribution < -0.4 is 20.1 Å². The lowest BCUT2D eigenvalue weighted by molar-refractivity contribution is -0.122. The number of halogens is 2. The highest BCUT2D eigenvalue weighted by Crippen LogP contribution is 2.55. The minimum absolute atomic E-state index is 0.145. The number of benzene rings is 2. The molecule has 0 unspecified atom stereocenters. The number of nitrogens with one attached hydrogen (secondary N) is 2. The Bertz CT molecular complexity index is 899. The minimum atomic E-state index is -1.74. The van der Waals surface area contributed by atoms with E-state index >= 15 is 0 Å². The second-order valence-corrected chi connectivity index (χ2v) is 5.72. The number of methoxy groups -OCH3 is 2. The first kappa shape index (κ1) is 15.4. The summed E-state index contributed by atoms with van der Waals surface area (Å²) >= 11 is 0. The predicted octanol–water partition coefficient (Wildman–Crippen LogP) is 2.05. The number of carbonyl (C=O) groups is 2. The fourth-order valence-corrected chi connectivity index (χ4v) is 3.57. The van der Waals surface area contributed by atoms with Gasteiger partial charge in [0.15, 0.2) is 5.54 Å². The number of hydrogen-bond donors (Lipinski definition) is 2. The Balaban J connectivity index is 2.19. The molecule has 1 aliphatic heterocycles. The van der Waals surface area contributed by atoms with Crippen molar-refractivity contribution >= 4 is 11.9 Å². The molecular formula is C17H12F2N2O4. The van der Waals surface area contributed by atoms with Crippen molar-refractivity contribution in [3.05, 3.63) is 47.0 Å². The molecule has 1 spiro atoms. The van der Waals surface area contributed by atoms with Gasteiger partial charge in [0.25, 0.3) is 5.91 Å². The summed E-state index contributed by atoms with van der Waals surface area (Å²) in [4.78, 5) is 24.5. The molecule has 0 aromatic heterocycles. The molecule has 0 bridgehead atoms. The lowest BCUT2D eigenvalue weighted by Crippen LogP contribution is -2.43. The molecule has 1 heterocycles. The van der Waals surface area contributed by atoms with Gasteiger partial charge in [0, 0.05) is 34.4 Å². The summed E-state index contributed by atoms with van der Waals surface area (Å²) in [6.07, 6.45) is 0. The average Bonchev–Trinajstić information content (AvgIpc) is 3.02. The third kappa shape index (κ3) is 1.81. The highest BCUT2D eigenvalue weighted by Gasteiger charge is 2.57. The van der Waals surface area contributed by atoms with Crippen LogP contribution in [0.2, 0.25) is 0 Å². The van der Waals surface area contributed by atoms with E-state index in [1.807, 2.05) is 0 Å². The van der Waals surface area contributed by atoms with E-state index in [0.29, 0.717) is 11.1 Å². The first-order valence-corrected chi connectivity index (χ1v) is 7.32. The van der Waals surface area contributed by atoms with Gasteiger partial charge >= 0.3 is 6.03 Å². The molecule has 0 atom stereocenters. The molecule has 1 aliphatic carbocycles. The molecule has 6 nitrogen and oxygen atoms in total. The first-order chi connectivity index (χ1) is 11.9. The first-order valence-electron chi connectivity index (χ1n) is 7.32. The zero-order valence-corrected chi connectivity index (χ0v) is 13.2. The zero-order chi connectivity index (χ0) is 17.9. The molecule has 1 saturated heterocycles. The van der Waals surface area contributed by atoms with Gasteiger partial charge in [-0.05, 0) is 12.1 Å². The van der Waals surface area contributed by atoms with Crippen LogP contribution >= 0.6 is 0 Å². The molecule has 128 valence electrons. The summed E-state index contributed by atoms with van der Waals surface area (Å²) < 4.78 is 38.8. The van der Waals surface area contributed by atoms with Crippen LogP contribution in [-0.2, 0) is 10.3 Å². The predicted molar refractivity (Wildman–Crippen MR) is 82.4 cm³/mol. The van der Waals surface area contributed by atoms with Crippen LogP contribution in [0.4, 0.5) is 13.6 Å². The van der Waals surface area contributed by atoms with Crippen molar-refractivity contribution in [1.29, 1.82) is 0 Å². The van der Waals surface area contributed by atoms with Gasteiger partial charge < -0.3 is 14.8 Å². The Morgan fingerprint density at radius 2 is 1.36 bits per heavy atom. The van der Waals surface area contributed by atoms with Crippen molar-refractivity contribution in [3.8, 4) is 22.6 Å². The van der Waals surface area contributed by atoms with Gasteiger partial charge in [0.05, 0.1) is 14.2 Å². The van der Waals surface area contributed by atoms with Gasteiger partial charge in [-0.1, -0.05) is 0 Å². The number of urea groups is 1. The van der Waals surface area contributed by atoms with Crippen molar-refractivity contribution < 1.29 is 27.8 Å². The van der Waals surface area contributed by atoms with Gasteiger partial charge in [-0.3, -0.25) is 10.1 Å². The number of carbonyl (C=O) groups excluding carboxylic acids is 2. The lowest BCUT2D eigenvalue weighted by atomic mass is 9.87. The highest BCUT2D eigenvalue weighted by molar-refractivity contribution is 6.14. The highest BCUT2D eigenvalue weighted by atomic mass is 19.1. The largest absolute Gasteiger partial charge is 0.496 e. The molecule has 3 amide bonds. The molecule has 2 aliphatic rings. The van der Waals surface area contributed by atoms with E-state index in [1.165, 1.54) is 14.2 Å². The molecular weight excluding hydrogens is 334 g/mol. The fraction of sp³-hybridized carbons (Fsp3) is 0.176. The molecule has 25 heavy (non-hydrogen) atoms. The summed E-state index contributed by atoms with van der Waals surface area (Å²) in [7, 11) is 2.70. The normalized spacial score (nSPS) is 16.3. The summed E-state index contributed by atoms with van der Waals surface area (Å²) in [5.74, 6) is -1.75. The standard InChI is InChI=1S/C17H12F2N2O4/c1-24-11-5-7(18)3-9-13(11)14-10(4-8(19)6-12(14)25-2)17(9)15(22)20-16(23)21-17/h3-6H,1-2H3,(H2,20,21,22,23). The number of hydrogen-bond acceptors (Lipinski definition) is 4. The molecule has 0 saturated carbocycles. The Labute approximate surface area is 140 Å². The van der Waals surface area contributed by atoms with Crippen molar-refractivity contribution in [2.75, 3.05) is 14.2 Å². The molecule has 0 radical (unpaired) electrons. The lowest BCUT2D eigenvalue weighted by Gasteiger charge is -2.23. The Morgan fingerprint density at radius 3 is 1.72 bits per heavy atom. The third-order valence-corrected chi connectivity index (χ3v) is 4.50. The van der Waals surface area contributed by atoms with Crippen molar-refractivity contribution in [1.82, 2.24) is 10.6 Å². The second-order valence-electron chi connectivity index (χ2n) is 5.72.